The third-order valence-corrected chi connectivity index (χ3v) is 4.08. The smallest absolute Gasteiger partial charge is 0.258 e. The van der Waals surface area contributed by atoms with Crippen LogP contribution in [-0.4, -0.2) is 31.8 Å². The topological polar surface area (TPSA) is 40.6 Å². The number of hydrogen-bond acceptors (Lipinski definition) is 3. The van der Waals surface area contributed by atoms with Crippen LogP contribution in [0.5, 0.6) is 0 Å². The minimum atomic E-state index is -0.323. The molecule has 1 aliphatic heterocycles. The van der Waals surface area contributed by atoms with E-state index in [1.807, 2.05) is 11.9 Å². The van der Waals surface area contributed by atoms with Crippen molar-refractivity contribution in [3.63, 3.8) is 0 Å². The molecule has 2 aromatic carbocycles. The molecule has 0 saturated heterocycles. The van der Waals surface area contributed by atoms with Gasteiger partial charge in [0.05, 0.1) is 11.4 Å². The zero-order valence-corrected chi connectivity index (χ0v) is 13.0. The first-order valence-corrected chi connectivity index (χ1v) is 7.41. The maximum atomic E-state index is 13.5. The number of rotatable bonds is 2. The number of fused-ring (bicyclic) bond motifs is 1. The van der Waals surface area contributed by atoms with Crippen LogP contribution in [-0.2, 0) is 0 Å². The number of hydrogen-bond donors (Lipinski definition) is 0. The van der Waals surface area contributed by atoms with E-state index in [0.29, 0.717) is 35.6 Å². The van der Waals surface area contributed by atoms with E-state index in [4.69, 9.17) is 0 Å². The first kappa shape index (κ1) is 15.2. The number of Topliss-reactive ketones (excluding diaryl/α,β-unsaturated/α-hetero) is 1. The molecule has 0 N–H and O–H groups in total. The first-order chi connectivity index (χ1) is 11.0. The summed E-state index contributed by atoms with van der Waals surface area (Å²) in [6.07, 6.45) is 0. The van der Waals surface area contributed by atoms with Crippen LogP contribution in [0.3, 0.4) is 0 Å². The largest absolute Gasteiger partial charge is 0.371 e. The minimum Gasteiger partial charge on any atom is -0.371 e. The molecule has 3 rings (SSSR count). The van der Waals surface area contributed by atoms with E-state index >= 15 is 0 Å². The molecule has 1 amide bonds. The van der Waals surface area contributed by atoms with Gasteiger partial charge in [0.25, 0.3) is 5.91 Å². The minimum absolute atomic E-state index is 0.0376. The van der Waals surface area contributed by atoms with Crippen LogP contribution < -0.4 is 9.80 Å². The SMILES string of the molecule is CC(=O)c1ccc(C(=O)N2CCN(C)c3cc(F)ccc32)cc1. The number of ketones is 1. The second-order valence-electron chi connectivity index (χ2n) is 5.64. The molecule has 0 bridgehead atoms. The van der Waals surface area contributed by atoms with Gasteiger partial charge < -0.3 is 9.80 Å². The van der Waals surface area contributed by atoms with Crippen LogP contribution in [0.2, 0.25) is 0 Å². The predicted molar refractivity (Wildman–Crippen MR) is 87.8 cm³/mol. The Labute approximate surface area is 134 Å². The average Bonchev–Trinajstić information content (AvgIpc) is 2.55. The van der Waals surface area contributed by atoms with Gasteiger partial charge in [-0.05, 0) is 37.3 Å². The van der Waals surface area contributed by atoms with E-state index < -0.39 is 0 Å². The van der Waals surface area contributed by atoms with E-state index in [1.165, 1.54) is 19.1 Å². The van der Waals surface area contributed by atoms with Crippen molar-refractivity contribution < 1.29 is 14.0 Å². The number of nitrogens with zero attached hydrogens (tertiary/aromatic N) is 2. The maximum Gasteiger partial charge on any atom is 0.258 e. The van der Waals surface area contributed by atoms with E-state index in [-0.39, 0.29) is 17.5 Å². The van der Waals surface area contributed by atoms with Gasteiger partial charge in [-0.15, -0.1) is 0 Å². The van der Waals surface area contributed by atoms with Crippen molar-refractivity contribution in [3.05, 3.63) is 59.4 Å². The molecular weight excluding hydrogens is 295 g/mol. The standard InChI is InChI=1S/C18H17FN2O2/c1-12(22)13-3-5-14(6-4-13)18(23)21-10-9-20(2)17-11-15(19)7-8-16(17)21/h3-8,11H,9-10H2,1-2H3. The summed E-state index contributed by atoms with van der Waals surface area (Å²) in [7, 11) is 1.88. The van der Waals surface area contributed by atoms with Gasteiger partial charge in [0.1, 0.15) is 5.82 Å². The Kier molecular flexibility index (Phi) is 3.86. The summed E-state index contributed by atoms with van der Waals surface area (Å²) in [6, 6.07) is 11.0. The lowest BCUT2D eigenvalue weighted by molar-refractivity contribution is 0.0982. The highest BCUT2D eigenvalue weighted by molar-refractivity contribution is 6.08. The fourth-order valence-electron chi connectivity index (χ4n) is 2.74. The van der Waals surface area contributed by atoms with Gasteiger partial charge in [-0.3, -0.25) is 9.59 Å². The number of carbonyl (C=O) groups excluding carboxylic acids is 2. The molecule has 2 aromatic rings. The van der Waals surface area contributed by atoms with Gasteiger partial charge in [-0.25, -0.2) is 4.39 Å². The van der Waals surface area contributed by atoms with Crippen LogP contribution in [0, 0.1) is 5.82 Å². The fourth-order valence-corrected chi connectivity index (χ4v) is 2.74. The van der Waals surface area contributed by atoms with Gasteiger partial charge in [0.2, 0.25) is 0 Å². The lowest BCUT2D eigenvalue weighted by Crippen LogP contribution is -2.42. The quantitative estimate of drug-likeness (QED) is 0.800. The van der Waals surface area contributed by atoms with E-state index in [2.05, 4.69) is 0 Å². The molecule has 0 radical (unpaired) electrons. The Bertz CT molecular complexity index is 771. The summed E-state index contributed by atoms with van der Waals surface area (Å²) in [5.41, 5.74) is 2.47. The number of halogens is 1. The zero-order valence-electron chi connectivity index (χ0n) is 13.0. The monoisotopic (exact) mass is 312 g/mol. The van der Waals surface area contributed by atoms with Gasteiger partial charge in [-0.2, -0.15) is 0 Å². The summed E-state index contributed by atoms with van der Waals surface area (Å²) < 4.78 is 13.5. The Balaban J connectivity index is 1.94. The van der Waals surface area contributed by atoms with Gasteiger partial charge in [-0.1, -0.05) is 12.1 Å². The molecule has 1 heterocycles. The van der Waals surface area contributed by atoms with Crippen molar-refractivity contribution in [3.8, 4) is 0 Å². The Hall–Kier alpha value is -2.69. The normalized spacial score (nSPS) is 13.7. The Morgan fingerprint density at radius 2 is 1.61 bits per heavy atom. The van der Waals surface area contributed by atoms with Crippen LogP contribution in [0.25, 0.3) is 0 Å². The van der Waals surface area contributed by atoms with E-state index in [1.54, 1.807) is 35.2 Å². The number of amides is 1. The average molecular weight is 312 g/mol. The molecule has 5 heteroatoms. The van der Waals surface area contributed by atoms with Gasteiger partial charge in [0.15, 0.2) is 5.78 Å². The highest BCUT2D eigenvalue weighted by Gasteiger charge is 2.26. The molecule has 4 nitrogen and oxygen atoms in total. The summed E-state index contributed by atoms with van der Waals surface area (Å²) in [6.45, 7) is 2.65. The molecule has 118 valence electrons. The molecule has 0 unspecified atom stereocenters. The lowest BCUT2D eigenvalue weighted by Gasteiger charge is -2.35. The molecule has 0 aromatic heterocycles. The number of benzene rings is 2. The van der Waals surface area contributed by atoms with Crippen LogP contribution >= 0.6 is 0 Å². The Morgan fingerprint density at radius 3 is 2.26 bits per heavy atom. The highest BCUT2D eigenvalue weighted by Crippen LogP contribution is 2.33. The van der Waals surface area contributed by atoms with Crippen molar-refractivity contribution in [2.75, 3.05) is 29.9 Å². The maximum absolute atomic E-state index is 13.5. The Morgan fingerprint density at radius 1 is 0.957 bits per heavy atom. The number of likely N-dealkylation sites (N-methyl/N-ethyl adjacent to an activating group) is 1. The van der Waals surface area contributed by atoms with Crippen LogP contribution in [0.1, 0.15) is 27.6 Å². The molecule has 23 heavy (non-hydrogen) atoms. The summed E-state index contributed by atoms with van der Waals surface area (Å²) in [5, 5.41) is 0. The zero-order chi connectivity index (χ0) is 16.6. The summed E-state index contributed by atoms with van der Waals surface area (Å²) >= 11 is 0. The second-order valence-corrected chi connectivity index (χ2v) is 5.64. The molecular formula is C18H17FN2O2. The van der Waals surface area contributed by atoms with Gasteiger partial charge >= 0.3 is 0 Å². The molecule has 0 aliphatic carbocycles. The van der Waals surface area contributed by atoms with Crippen molar-refractivity contribution in [2.45, 2.75) is 6.92 Å². The highest BCUT2D eigenvalue weighted by atomic mass is 19.1. The van der Waals surface area contributed by atoms with Crippen LogP contribution in [0.4, 0.5) is 15.8 Å². The molecule has 0 saturated carbocycles. The van der Waals surface area contributed by atoms with Crippen molar-refractivity contribution in [2.24, 2.45) is 0 Å². The fraction of sp³-hybridized carbons (Fsp3) is 0.222. The van der Waals surface area contributed by atoms with Gasteiger partial charge in [0, 0.05) is 31.3 Å². The number of anilines is 2. The molecule has 0 fully saturated rings. The van der Waals surface area contributed by atoms with E-state index in [0.717, 1.165) is 0 Å². The van der Waals surface area contributed by atoms with Crippen molar-refractivity contribution in [1.82, 2.24) is 0 Å². The third kappa shape index (κ3) is 2.82. The lowest BCUT2D eigenvalue weighted by atomic mass is 10.1. The number of carbonyl (C=O) groups is 2. The van der Waals surface area contributed by atoms with Crippen molar-refractivity contribution >= 4 is 23.1 Å². The first-order valence-electron chi connectivity index (χ1n) is 7.41. The predicted octanol–water partition coefficient (Wildman–Crippen LogP) is 3.12. The van der Waals surface area contributed by atoms with Crippen molar-refractivity contribution in [1.29, 1.82) is 0 Å². The van der Waals surface area contributed by atoms with Crippen LogP contribution in [0.15, 0.2) is 42.5 Å². The van der Waals surface area contributed by atoms with E-state index in [9.17, 15) is 14.0 Å². The third-order valence-electron chi connectivity index (χ3n) is 4.08. The summed E-state index contributed by atoms with van der Waals surface area (Å²) in [5.74, 6) is -0.513. The summed E-state index contributed by atoms with van der Waals surface area (Å²) in [4.78, 5) is 27.7. The second kappa shape index (κ2) is 5.83. The molecule has 0 atom stereocenters. The molecule has 0 spiro atoms. The molecule has 1 aliphatic rings.